The topological polar surface area (TPSA) is 40.5 Å². The van der Waals surface area contributed by atoms with E-state index in [1.807, 2.05) is 25.6 Å². The van der Waals surface area contributed by atoms with E-state index in [0.717, 1.165) is 32.5 Å². The van der Waals surface area contributed by atoms with Crippen LogP contribution in [0.1, 0.15) is 33.1 Å². The number of thioether (sulfide) groups is 1. The van der Waals surface area contributed by atoms with E-state index < -0.39 is 11.4 Å². The third-order valence-electron chi connectivity index (χ3n) is 3.90. The van der Waals surface area contributed by atoms with E-state index >= 15 is 0 Å². The molecule has 0 aromatic carbocycles. The van der Waals surface area contributed by atoms with Crippen molar-refractivity contribution in [3.63, 3.8) is 0 Å². The number of rotatable bonds is 6. The first-order valence-corrected chi connectivity index (χ1v) is 7.82. The molecule has 1 saturated heterocycles. The molecule has 0 aromatic heterocycles. The number of likely N-dealkylation sites (tertiary alicyclic amines) is 1. The van der Waals surface area contributed by atoms with Crippen molar-refractivity contribution >= 4 is 17.7 Å². The maximum Gasteiger partial charge on any atom is 0.309 e. The number of nitrogens with zero attached hydrogens (tertiary/aromatic N) is 1. The molecule has 1 aliphatic rings. The molecular weight excluding hydrogens is 234 g/mol. The fourth-order valence-corrected chi connectivity index (χ4v) is 2.87. The van der Waals surface area contributed by atoms with Gasteiger partial charge in [0.15, 0.2) is 0 Å². The number of aliphatic carboxylic acids is 1. The highest BCUT2D eigenvalue weighted by atomic mass is 32.2. The summed E-state index contributed by atoms with van der Waals surface area (Å²) in [6, 6.07) is 0. The Balaban J connectivity index is 2.46. The van der Waals surface area contributed by atoms with E-state index in [2.05, 4.69) is 11.2 Å². The lowest BCUT2D eigenvalue weighted by Gasteiger charge is -2.39. The Labute approximate surface area is 109 Å². The molecule has 0 aliphatic carbocycles. The van der Waals surface area contributed by atoms with Crippen LogP contribution in [-0.2, 0) is 4.79 Å². The minimum absolute atomic E-state index is 0.294. The highest BCUT2D eigenvalue weighted by Gasteiger charge is 2.38. The van der Waals surface area contributed by atoms with Crippen molar-refractivity contribution in [2.45, 2.75) is 33.1 Å². The van der Waals surface area contributed by atoms with Gasteiger partial charge in [-0.15, -0.1) is 0 Å². The molecule has 1 unspecified atom stereocenters. The summed E-state index contributed by atoms with van der Waals surface area (Å²) in [6.07, 6.45) is 5.53. The molecule has 0 spiro atoms. The van der Waals surface area contributed by atoms with E-state index in [9.17, 15) is 9.90 Å². The van der Waals surface area contributed by atoms with E-state index in [1.165, 1.54) is 12.2 Å². The van der Waals surface area contributed by atoms with Crippen LogP contribution in [0.5, 0.6) is 0 Å². The summed E-state index contributed by atoms with van der Waals surface area (Å²) in [5.41, 5.74) is -0.585. The molecule has 1 atom stereocenters. The molecule has 0 saturated carbocycles. The van der Waals surface area contributed by atoms with Gasteiger partial charge in [0.2, 0.25) is 0 Å². The van der Waals surface area contributed by atoms with Crippen LogP contribution in [0.2, 0.25) is 0 Å². The molecular formula is C13H25NO2S. The number of carboxylic acids is 1. The Kier molecular flexibility index (Phi) is 5.80. The molecule has 4 heteroatoms. The number of hydrogen-bond donors (Lipinski definition) is 1. The van der Waals surface area contributed by atoms with Gasteiger partial charge in [0.25, 0.3) is 0 Å². The van der Waals surface area contributed by atoms with Crippen LogP contribution in [0.15, 0.2) is 0 Å². The van der Waals surface area contributed by atoms with Crippen molar-refractivity contribution in [2.24, 2.45) is 11.3 Å². The number of piperidine rings is 1. The summed E-state index contributed by atoms with van der Waals surface area (Å²) in [4.78, 5) is 13.7. The zero-order chi connectivity index (χ0) is 12.9. The van der Waals surface area contributed by atoms with Crippen molar-refractivity contribution in [1.29, 1.82) is 0 Å². The molecule has 1 heterocycles. The molecule has 1 N–H and O–H groups in total. The summed E-state index contributed by atoms with van der Waals surface area (Å²) >= 11 is 1.88. The van der Waals surface area contributed by atoms with Crippen LogP contribution in [-0.4, -0.2) is 47.6 Å². The van der Waals surface area contributed by atoms with Gasteiger partial charge >= 0.3 is 5.97 Å². The Morgan fingerprint density at radius 3 is 2.82 bits per heavy atom. The fraction of sp³-hybridized carbons (Fsp3) is 0.923. The number of carboxylic acid groups (broad SMARTS) is 1. The summed E-state index contributed by atoms with van der Waals surface area (Å²) in [7, 11) is 0. The lowest BCUT2D eigenvalue weighted by molar-refractivity contribution is -0.151. The first-order valence-electron chi connectivity index (χ1n) is 6.43. The van der Waals surface area contributed by atoms with Crippen molar-refractivity contribution in [3.05, 3.63) is 0 Å². The standard InChI is InChI=1S/C13H25NO2S/c1-13(2,12(15)16)11-6-4-7-14(10-11)8-5-9-17-3/h11H,4-10H2,1-3H3,(H,15,16). The summed E-state index contributed by atoms with van der Waals surface area (Å²) in [6.45, 7) is 6.94. The molecule has 1 aliphatic heterocycles. The summed E-state index contributed by atoms with van der Waals surface area (Å²) in [5, 5.41) is 9.27. The maximum absolute atomic E-state index is 11.3. The van der Waals surface area contributed by atoms with Gasteiger partial charge in [0.1, 0.15) is 0 Å². The largest absolute Gasteiger partial charge is 0.481 e. The summed E-state index contributed by atoms with van der Waals surface area (Å²) in [5.74, 6) is 0.834. The Hall–Kier alpha value is -0.220. The number of hydrogen-bond acceptors (Lipinski definition) is 3. The van der Waals surface area contributed by atoms with Crippen molar-refractivity contribution in [2.75, 3.05) is 31.6 Å². The van der Waals surface area contributed by atoms with Gasteiger partial charge in [-0.2, -0.15) is 11.8 Å². The zero-order valence-corrected chi connectivity index (χ0v) is 12.1. The third kappa shape index (κ3) is 4.18. The van der Waals surface area contributed by atoms with Crippen LogP contribution in [0.3, 0.4) is 0 Å². The molecule has 3 nitrogen and oxygen atoms in total. The Morgan fingerprint density at radius 2 is 2.24 bits per heavy atom. The Morgan fingerprint density at radius 1 is 1.53 bits per heavy atom. The predicted octanol–water partition coefficient (Wildman–Crippen LogP) is 2.56. The van der Waals surface area contributed by atoms with Gasteiger partial charge in [0, 0.05) is 6.54 Å². The molecule has 0 bridgehead atoms. The molecule has 100 valence electrons. The highest BCUT2D eigenvalue weighted by molar-refractivity contribution is 7.98. The van der Waals surface area contributed by atoms with Gasteiger partial charge in [-0.05, 0) is 64.1 Å². The maximum atomic E-state index is 11.3. The summed E-state index contributed by atoms with van der Waals surface area (Å²) < 4.78 is 0. The van der Waals surface area contributed by atoms with Gasteiger partial charge in [-0.3, -0.25) is 4.79 Å². The molecule has 0 aromatic rings. The fourth-order valence-electron chi connectivity index (χ4n) is 2.45. The molecule has 1 fully saturated rings. The lowest BCUT2D eigenvalue weighted by atomic mass is 9.74. The van der Waals surface area contributed by atoms with Gasteiger partial charge < -0.3 is 10.0 Å². The van der Waals surface area contributed by atoms with Crippen LogP contribution < -0.4 is 0 Å². The second kappa shape index (κ2) is 6.64. The normalized spacial score (nSPS) is 22.6. The molecule has 0 amide bonds. The van der Waals surface area contributed by atoms with E-state index in [4.69, 9.17) is 0 Å². The van der Waals surface area contributed by atoms with Gasteiger partial charge in [-0.1, -0.05) is 0 Å². The van der Waals surface area contributed by atoms with E-state index in [0.29, 0.717) is 5.92 Å². The van der Waals surface area contributed by atoms with Crippen LogP contribution >= 0.6 is 11.8 Å². The van der Waals surface area contributed by atoms with Crippen LogP contribution in [0, 0.1) is 11.3 Å². The quantitative estimate of drug-likeness (QED) is 0.744. The second-order valence-corrected chi connectivity index (χ2v) is 6.50. The lowest BCUT2D eigenvalue weighted by Crippen LogP contribution is -2.45. The smallest absolute Gasteiger partial charge is 0.309 e. The van der Waals surface area contributed by atoms with Gasteiger partial charge in [-0.25, -0.2) is 0 Å². The zero-order valence-electron chi connectivity index (χ0n) is 11.2. The van der Waals surface area contributed by atoms with Gasteiger partial charge in [0.05, 0.1) is 5.41 Å². The molecule has 0 radical (unpaired) electrons. The van der Waals surface area contributed by atoms with E-state index in [1.54, 1.807) is 0 Å². The third-order valence-corrected chi connectivity index (χ3v) is 4.60. The first kappa shape index (κ1) is 14.8. The predicted molar refractivity (Wildman–Crippen MR) is 73.6 cm³/mol. The minimum atomic E-state index is -0.659. The second-order valence-electron chi connectivity index (χ2n) is 5.51. The average Bonchev–Trinajstić information content (AvgIpc) is 2.29. The first-order chi connectivity index (χ1) is 7.98. The van der Waals surface area contributed by atoms with Crippen LogP contribution in [0.4, 0.5) is 0 Å². The van der Waals surface area contributed by atoms with Crippen molar-refractivity contribution in [3.8, 4) is 0 Å². The Bertz CT molecular complexity index is 256. The minimum Gasteiger partial charge on any atom is -0.481 e. The molecule has 17 heavy (non-hydrogen) atoms. The highest BCUT2D eigenvalue weighted by Crippen LogP contribution is 2.34. The van der Waals surface area contributed by atoms with Crippen LogP contribution in [0.25, 0.3) is 0 Å². The van der Waals surface area contributed by atoms with Crippen molar-refractivity contribution in [1.82, 2.24) is 4.90 Å². The average molecular weight is 259 g/mol. The molecule has 1 rings (SSSR count). The van der Waals surface area contributed by atoms with E-state index in [-0.39, 0.29) is 0 Å². The number of carbonyl (C=O) groups is 1. The SMILES string of the molecule is CSCCCN1CCCC(C(C)(C)C(=O)O)C1. The van der Waals surface area contributed by atoms with Crippen molar-refractivity contribution < 1.29 is 9.90 Å². The monoisotopic (exact) mass is 259 g/mol.